The lowest BCUT2D eigenvalue weighted by Crippen LogP contribution is -1.77. The van der Waals surface area contributed by atoms with Gasteiger partial charge in [-0.1, -0.05) is 13.0 Å². The summed E-state index contributed by atoms with van der Waals surface area (Å²) >= 11 is 0. The third-order valence-electron chi connectivity index (χ3n) is 1.05. The smallest absolute Gasteiger partial charge is 0.136 e. The van der Waals surface area contributed by atoms with Crippen molar-refractivity contribution >= 4 is 0 Å². The third kappa shape index (κ3) is 2.45. The average Bonchev–Trinajstić information content (AvgIpc) is 1.91. The van der Waals surface area contributed by atoms with Gasteiger partial charge in [0, 0.05) is 0 Å². The van der Waals surface area contributed by atoms with E-state index in [-0.39, 0.29) is 5.57 Å². The fourth-order valence-electron chi connectivity index (χ4n) is 0.545. The van der Waals surface area contributed by atoms with Crippen molar-refractivity contribution in [2.45, 2.75) is 20.3 Å². The topological polar surface area (TPSA) is 23.8 Å². The molecule has 2 heteroatoms. The molecule has 0 rings (SSSR count). The number of nitrogens with zero attached hydrogens (tertiary/aromatic N) is 1. The predicted molar refractivity (Wildman–Crippen MR) is 38.9 cm³/mol. The summed E-state index contributed by atoms with van der Waals surface area (Å²) in [5.74, 6) is -0.424. The highest BCUT2D eigenvalue weighted by Crippen LogP contribution is 2.10. The molecule has 10 heavy (non-hydrogen) atoms. The summed E-state index contributed by atoms with van der Waals surface area (Å²) in [4.78, 5) is 0. The zero-order chi connectivity index (χ0) is 7.98. The van der Waals surface area contributed by atoms with Gasteiger partial charge in [-0.15, -0.1) is 0 Å². The lowest BCUT2D eigenvalue weighted by Gasteiger charge is -1.89. The van der Waals surface area contributed by atoms with Gasteiger partial charge in [-0.2, -0.15) is 5.26 Å². The maximum atomic E-state index is 12.6. The molecule has 54 valence electrons. The van der Waals surface area contributed by atoms with Crippen molar-refractivity contribution < 1.29 is 4.39 Å². The number of allylic oxidation sites excluding steroid dienone is 4. The second-order valence-electron chi connectivity index (χ2n) is 1.77. The van der Waals surface area contributed by atoms with E-state index in [2.05, 4.69) is 0 Å². The Kier molecular flexibility index (Phi) is 4.23. The molecule has 0 atom stereocenters. The minimum Gasteiger partial charge on any atom is -0.206 e. The molecule has 0 heterocycles. The molecular weight excluding hydrogens is 129 g/mol. The Morgan fingerprint density at radius 2 is 2.30 bits per heavy atom. The number of halogens is 1. The summed E-state index contributed by atoms with van der Waals surface area (Å²) in [6, 6.07) is 1.75. The van der Waals surface area contributed by atoms with E-state index in [1.165, 1.54) is 12.2 Å². The quantitative estimate of drug-likeness (QED) is 0.426. The molecule has 0 bridgehead atoms. The van der Waals surface area contributed by atoms with Gasteiger partial charge in [-0.25, -0.2) is 4.39 Å². The van der Waals surface area contributed by atoms with Crippen LogP contribution in [0.15, 0.2) is 23.6 Å². The van der Waals surface area contributed by atoms with Gasteiger partial charge in [0.1, 0.15) is 11.9 Å². The fourth-order valence-corrected chi connectivity index (χ4v) is 0.545. The van der Waals surface area contributed by atoms with Crippen molar-refractivity contribution in [1.29, 1.82) is 5.26 Å². The Labute approximate surface area is 60.5 Å². The zero-order valence-corrected chi connectivity index (χ0v) is 6.19. The van der Waals surface area contributed by atoms with Crippen molar-refractivity contribution in [2.24, 2.45) is 0 Å². The first-order valence-corrected chi connectivity index (χ1v) is 3.18. The molecule has 0 saturated carbocycles. The van der Waals surface area contributed by atoms with Crippen LogP contribution in [0.25, 0.3) is 0 Å². The van der Waals surface area contributed by atoms with Crippen LogP contribution in [0.1, 0.15) is 20.3 Å². The highest BCUT2D eigenvalue weighted by atomic mass is 19.1. The summed E-state index contributed by atoms with van der Waals surface area (Å²) in [6.45, 7) is 3.46. The number of nitriles is 1. The van der Waals surface area contributed by atoms with Gasteiger partial charge in [0.15, 0.2) is 0 Å². The van der Waals surface area contributed by atoms with Crippen molar-refractivity contribution in [3.63, 3.8) is 0 Å². The van der Waals surface area contributed by atoms with Crippen LogP contribution in [-0.4, -0.2) is 0 Å². The molecule has 0 aliphatic carbocycles. The Morgan fingerprint density at radius 3 is 2.60 bits per heavy atom. The number of hydrogen-bond acceptors (Lipinski definition) is 1. The maximum absolute atomic E-state index is 12.6. The number of hydrogen-bond donors (Lipinski definition) is 0. The van der Waals surface area contributed by atoms with Gasteiger partial charge >= 0.3 is 0 Å². The molecule has 0 spiro atoms. The van der Waals surface area contributed by atoms with E-state index in [0.29, 0.717) is 6.42 Å². The van der Waals surface area contributed by atoms with E-state index in [4.69, 9.17) is 5.26 Å². The molecule has 0 fully saturated rings. The van der Waals surface area contributed by atoms with E-state index in [1.54, 1.807) is 13.0 Å². The molecule has 0 amide bonds. The van der Waals surface area contributed by atoms with Crippen LogP contribution in [0.4, 0.5) is 4.39 Å². The molecule has 0 aliphatic rings. The van der Waals surface area contributed by atoms with Gasteiger partial charge in [0.25, 0.3) is 0 Å². The van der Waals surface area contributed by atoms with Gasteiger partial charge in [0.05, 0.1) is 5.57 Å². The van der Waals surface area contributed by atoms with Crippen LogP contribution in [-0.2, 0) is 0 Å². The molecule has 0 N–H and O–H groups in total. The summed E-state index contributed by atoms with van der Waals surface area (Å²) in [6.07, 6.45) is 3.46. The van der Waals surface area contributed by atoms with Gasteiger partial charge in [0.2, 0.25) is 0 Å². The van der Waals surface area contributed by atoms with E-state index in [0.717, 1.165) is 0 Å². The van der Waals surface area contributed by atoms with Gasteiger partial charge in [-0.3, -0.25) is 0 Å². The Balaban J connectivity index is 4.35. The molecule has 0 aliphatic heterocycles. The molecule has 0 saturated heterocycles. The number of rotatable bonds is 2. The van der Waals surface area contributed by atoms with E-state index in [1.807, 2.05) is 6.92 Å². The molecular formula is C8H10FN. The van der Waals surface area contributed by atoms with Crippen LogP contribution >= 0.6 is 0 Å². The summed E-state index contributed by atoms with van der Waals surface area (Å²) < 4.78 is 12.6. The average molecular weight is 139 g/mol. The van der Waals surface area contributed by atoms with Crippen molar-refractivity contribution in [3.05, 3.63) is 23.6 Å². The second-order valence-corrected chi connectivity index (χ2v) is 1.77. The largest absolute Gasteiger partial charge is 0.206 e. The van der Waals surface area contributed by atoms with E-state index in [9.17, 15) is 4.39 Å². The Bertz CT molecular complexity index is 196. The lowest BCUT2D eigenvalue weighted by molar-refractivity contribution is 0.652. The molecule has 1 nitrogen and oxygen atoms in total. The van der Waals surface area contributed by atoms with Crippen molar-refractivity contribution in [3.8, 4) is 6.07 Å². The monoisotopic (exact) mass is 139 g/mol. The van der Waals surface area contributed by atoms with Gasteiger partial charge < -0.3 is 0 Å². The van der Waals surface area contributed by atoms with E-state index < -0.39 is 5.83 Å². The minimum atomic E-state index is -0.424. The molecule has 0 unspecified atom stereocenters. The van der Waals surface area contributed by atoms with Crippen molar-refractivity contribution in [2.75, 3.05) is 0 Å². The van der Waals surface area contributed by atoms with Crippen LogP contribution in [0, 0.1) is 11.3 Å². The van der Waals surface area contributed by atoms with Crippen LogP contribution < -0.4 is 0 Å². The standard InChI is InChI=1S/C8H10FN/c1-3-5-8(9)7(4-2)6-10/h4-5H,3H2,1-2H3/b7-4-,8-5+. The van der Waals surface area contributed by atoms with Crippen LogP contribution in [0.2, 0.25) is 0 Å². The summed E-state index contributed by atoms with van der Waals surface area (Å²) in [7, 11) is 0. The van der Waals surface area contributed by atoms with E-state index >= 15 is 0 Å². The van der Waals surface area contributed by atoms with Crippen molar-refractivity contribution in [1.82, 2.24) is 0 Å². The molecule has 0 aromatic carbocycles. The fraction of sp³-hybridized carbons (Fsp3) is 0.375. The van der Waals surface area contributed by atoms with Crippen LogP contribution in [0.3, 0.4) is 0 Å². The predicted octanol–water partition coefficient (Wildman–Crippen LogP) is 2.72. The molecule has 0 aromatic heterocycles. The highest BCUT2D eigenvalue weighted by Gasteiger charge is 1.98. The maximum Gasteiger partial charge on any atom is 0.136 e. The third-order valence-corrected chi connectivity index (χ3v) is 1.05. The zero-order valence-electron chi connectivity index (χ0n) is 6.19. The molecule has 0 radical (unpaired) electrons. The second kappa shape index (κ2) is 4.75. The summed E-state index contributed by atoms with van der Waals surface area (Å²) in [5, 5.41) is 8.32. The van der Waals surface area contributed by atoms with Gasteiger partial charge in [-0.05, 0) is 19.4 Å². The highest BCUT2D eigenvalue weighted by molar-refractivity contribution is 5.36. The first-order valence-electron chi connectivity index (χ1n) is 3.18. The lowest BCUT2D eigenvalue weighted by atomic mass is 10.2. The Hall–Kier alpha value is -1.10. The molecule has 0 aromatic rings. The SMILES string of the molecule is C/C=C(C#N)\C(F)=C/CC. The summed E-state index contributed by atoms with van der Waals surface area (Å²) in [5.41, 5.74) is 0.113. The first kappa shape index (κ1) is 8.90. The minimum absolute atomic E-state index is 0.113. The normalized spacial score (nSPS) is 13.0. The Morgan fingerprint density at radius 1 is 1.70 bits per heavy atom. The van der Waals surface area contributed by atoms with Crippen LogP contribution in [0.5, 0.6) is 0 Å². The first-order chi connectivity index (χ1) is 4.76.